The quantitative estimate of drug-likeness (QED) is 0.422. The van der Waals surface area contributed by atoms with E-state index in [1.54, 1.807) is 0 Å². The summed E-state index contributed by atoms with van der Waals surface area (Å²) in [4.78, 5) is 0. The molecular weight excluding hydrogens is 160 g/mol. The molecule has 4 heteroatoms. The molecule has 0 aromatic carbocycles. The molecule has 1 fully saturated rings. The molecule has 0 aromatic rings. The van der Waals surface area contributed by atoms with Gasteiger partial charge in [0.1, 0.15) is 0 Å². The Labute approximate surface area is 73.4 Å². The molecule has 0 spiro atoms. The second-order valence-electron chi connectivity index (χ2n) is 2.78. The van der Waals surface area contributed by atoms with Gasteiger partial charge in [0.05, 0.1) is 13.2 Å². The first kappa shape index (κ1) is 9.32. The molecule has 66 valence electrons. The van der Waals surface area contributed by atoms with Gasteiger partial charge in [-0.3, -0.25) is 4.72 Å². The zero-order valence-corrected chi connectivity index (χ0v) is 7.57. The van der Waals surface area contributed by atoms with Crippen molar-refractivity contribution in [1.29, 1.82) is 0 Å². The lowest BCUT2D eigenvalue weighted by Gasteiger charge is -2.23. The zero-order chi connectivity index (χ0) is 7.94. The topological polar surface area (TPSA) is 33.3 Å². The van der Waals surface area contributed by atoms with Crippen molar-refractivity contribution in [2.24, 2.45) is 0 Å². The van der Waals surface area contributed by atoms with Gasteiger partial charge in [-0.15, -0.1) is 0 Å². The molecule has 1 aliphatic heterocycles. The first-order chi connectivity index (χ1) is 5.43. The van der Waals surface area contributed by atoms with E-state index in [1.165, 1.54) is 6.42 Å². The minimum atomic E-state index is 0.561. The second-order valence-corrected chi connectivity index (χ2v) is 3.09. The number of hydrogen-bond donors (Lipinski definition) is 3. The van der Waals surface area contributed by atoms with Crippen molar-refractivity contribution in [1.82, 2.24) is 10.0 Å². The lowest BCUT2D eigenvalue weighted by molar-refractivity contribution is 0.0737. The number of morpholine rings is 1. The fourth-order valence-electron chi connectivity index (χ4n) is 1.23. The molecule has 0 amide bonds. The van der Waals surface area contributed by atoms with E-state index >= 15 is 0 Å². The van der Waals surface area contributed by atoms with Crippen molar-refractivity contribution in [3.05, 3.63) is 0 Å². The molecule has 1 unspecified atom stereocenters. The van der Waals surface area contributed by atoms with Crippen molar-refractivity contribution in [3.8, 4) is 0 Å². The highest BCUT2D eigenvalue weighted by Gasteiger charge is 2.11. The van der Waals surface area contributed by atoms with Crippen molar-refractivity contribution >= 4 is 12.8 Å². The molecule has 1 heterocycles. The summed E-state index contributed by atoms with van der Waals surface area (Å²) in [5.41, 5.74) is 0. The first-order valence-electron chi connectivity index (χ1n) is 4.11. The van der Waals surface area contributed by atoms with Crippen LogP contribution in [0.2, 0.25) is 0 Å². The van der Waals surface area contributed by atoms with Gasteiger partial charge in [-0.25, -0.2) is 0 Å². The van der Waals surface area contributed by atoms with E-state index in [0.29, 0.717) is 6.04 Å². The van der Waals surface area contributed by atoms with Gasteiger partial charge < -0.3 is 10.1 Å². The summed E-state index contributed by atoms with van der Waals surface area (Å²) in [6, 6.07) is 0.561. The number of nitrogens with one attached hydrogen (secondary N) is 2. The third kappa shape index (κ3) is 3.96. The normalized spacial score (nSPS) is 25.4. The third-order valence-corrected chi connectivity index (χ3v) is 2.06. The van der Waals surface area contributed by atoms with Crippen molar-refractivity contribution in [2.45, 2.75) is 18.9 Å². The highest BCUT2D eigenvalue weighted by molar-refractivity contribution is 7.78. The molecule has 0 aliphatic carbocycles. The van der Waals surface area contributed by atoms with E-state index in [2.05, 4.69) is 22.9 Å². The van der Waals surface area contributed by atoms with E-state index in [1.807, 2.05) is 0 Å². The maximum absolute atomic E-state index is 5.31. The number of thiol groups is 1. The monoisotopic (exact) mass is 176 g/mol. The average Bonchev–Trinajstić information content (AvgIpc) is 2.07. The highest BCUT2D eigenvalue weighted by Crippen LogP contribution is 2.00. The Bertz CT molecular complexity index is 96.4. The van der Waals surface area contributed by atoms with E-state index in [4.69, 9.17) is 4.74 Å². The molecule has 0 aromatic heterocycles. The van der Waals surface area contributed by atoms with Crippen LogP contribution in [0.1, 0.15) is 12.8 Å². The van der Waals surface area contributed by atoms with Crippen LogP contribution >= 0.6 is 12.8 Å². The van der Waals surface area contributed by atoms with Crippen LogP contribution in [0.25, 0.3) is 0 Å². The Morgan fingerprint density at radius 3 is 3.18 bits per heavy atom. The van der Waals surface area contributed by atoms with Gasteiger partial charge in [-0.1, -0.05) is 12.8 Å². The van der Waals surface area contributed by atoms with Gasteiger partial charge in [-0.2, -0.15) is 0 Å². The smallest absolute Gasteiger partial charge is 0.0620 e. The molecule has 1 rings (SSSR count). The Hall–Kier alpha value is 0.230. The van der Waals surface area contributed by atoms with Gasteiger partial charge in [0.2, 0.25) is 0 Å². The third-order valence-electron chi connectivity index (χ3n) is 1.84. The van der Waals surface area contributed by atoms with Crippen LogP contribution in [0, 0.1) is 0 Å². The van der Waals surface area contributed by atoms with Crippen LogP contribution in [0.3, 0.4) is 0 Å². The van der Waals surface area contributed by atoms with Crippen LogP contribution in [0.4, 0.5) is 0 Å². The zero-order valence-electron chi connectivity index (χ0n) is 6.68. The van der Waals surface area contributed by atoms with Crippen LogP contribution in [0.5, 0.6) is 0 Å². The Kier molecular flexibility index (Phi) is 4.94. The minimum Gasteiger partial charge on any atom is -0.379 e. The first-order valence-corrected chi connectivity index (χ1v) is 4.56. The number of rotatable bonds is 4. The minimum absolute atomic E-state index is 0.561. The SMILES string of the molecule is SNCCCC1COCCN1. The van der Waals surface area contributed by atoms with E-state index in [0.717, 1.165) is 32.7 Å². The molecular formula is C7H16N2OS. The summed E-state index contributed by atoms with van der Waals surface area (Å²) in [7, 11) is 0. The van der Waals surface area contributed by atoms with Gasteiger partial charge >= 0.3 is 0 Å². The largest absolute Gasteiger partial charge is 0.379 e. The number of ether oxygens (including phenoxy) is 1. The molecule has 3 nitrogen and oxygen atoms in total. The summed E-state index contributed by atoms with van der Waals surface area (Å²) in [5, 5.41) is 3.40. The summed E-state index contributed by atoms with van der Waals surface area (Å²) in [6.45, 7) is 3.70. The second kappa shape index (κ2) is 5.83. The predicted octanol–water partition coefficient (Wildman–Crippen LogP) is 0.189. The Morgan fingerprint density at radius 2 is 2.55 bits per heavy atom. The Balaban J connectivity index is 1.96. The fraction of sp³-hybridized carbons (Fsp3) is 1.00. The van der Waals surface area contributed by atoms with Crippen LogP contribution in [0.15, 0.2) is 0 Å². The van der Waals surface area contributed by atoms with Crippen molar-refractivity contribution in [3.63, 3.8) is 0 Å². The Morgan fingerprint density at radius 1 is 1.64 bits per heavy atom. The molecule has 2 N–H and O–H groups in total. The van der Waals surface area contributed by atoms with Crippen molar-refractivity contribution in [2.75, 3.05) is 26.3 Å². The summed E-state index contributed by atoms with van der Waals surface area (Å²) in [6.07, 6.45) is 2.33. The van der Waals surface area contributed by atoms with Crippen LogP contribution in [-0.4, -0.2) is 32.3 Å². The highest BCUT2D eigenvalue weighted by atomic mass is 32.1. The van der Waals surface area contributed by atoms with Gasteiger partial charge in [0, 0.05) is 19.1 Å². The van der Waals surface area contributed by atoms with Crippen LogP contribution < -0.4 is 10.0 Å². The molecule has 0 radical (unpaired) electrons. The molecule has 1 atom stereocenters. The molecule has 0 bridgehead atoms. The van der Waals surface area contributed by atoms with E-state index in [9.17, 15) is 0 Å². The average molecular weight is 176 g/mol. The molecule has 11 heavy (non-hydrogen) atoms. The number of hydrogen-bond acceptors (Lipinski definition) is 4. The predicted molar refractivity (Wildman–Crippen MR) is 48.8 cm³/mol. The lowest BCUT2D eigenvalue weighted by atomic mass is 10.1. The molecule has 1 saturated heterocycles. The van der Waals surface area contributed by atoms with E-state index in [-0.39, 0.29) is 0 Å². The van der Waals surface area contributed by atoms with Gasteiger partial charge in [0.15, 0.2) is 0 Å². The maximum Gasteiger partial charge on any atom is 0.0620 e. The van der Waals surface area contributed by atoms with Gasteiger partial charge in [0.25, 0.3) is 0 Å². The molecule has 1 aliphatic rings. The maximum atomic E-state index is 5.31. The standard InChI is InChI=1S/C7H16N2OS/c11-9-3-1-2-7-6-10-5-4-8-7/h7-9,11H,1-6H2. The lowest BCUT2D eigenvalue weighted by Crippen LogP contribution is -2.41. The van der Waals surface area contributed by atoms with E-state index < -0.39 is 0 Å². The summed E-state index contributed by atoms with van der Waals surface area (Å²) in [5.74, 6) is 0. The van der Waals surface area contributed by atoms with Gasteiger partial charge in [-0.05, 0) is 12.8 Å². The summed E-state index contributed by atoms with van der Waals surface area (Å²) < 4.78 is 8.14. The van der Waals surface area contributed by atoms with Crippen LogP contribution in [-0.2, 0) is 4.74 Å². The summed E-state index contributed by atoms with van der Waals surface area (Å²) >= 11 is 3.92. The fourth-order valence-corrected chi connectivity index (χ4v) is 1.39. The van der Waals surface area contributed by atoms with Crippen molar-refractivity contribution < 1.29 is 4.74 Å². The molecule has 0 saturated carbocycles.